The Balaban J connectivity index is 1.92. The molecule has 0 radical (unpaired) electrons. The van der Waals surface area contributed by atoms with Crippen LogP contribution in [0.3, 0.4) is 0 Å². The van der Waals surface area contributed by atoms with E-state index in [1.165, 1.54) is 0 Å². The van der Waals surface area contributed by atoms with Crippen molar-refractivity contribution < 1.29 is 14.3 Å². The molecule has 0 spiro atoms. The van der Waals surface area contributed by atoms with Gasteiger partial charge in [-0.2, -0.15) is 0 Å². The summed E-state index contributed by atoms with van der Waals surface area (Å²) in [6.07, 6.45) is 3.36. The van der Waals surface area contributed by atoms with Gasteiger partial charge in [0.2, 0.25) is 5.88 Å². The minimum absolute atomic E-state index is 0.219. The first kappa shape index (κ1) is 15.6. The van der Waals surface area contributed by atoms with Crippen LogP contribution in [0, 0.1) is 5.92 Å². The van der Waals surface area contributed by atoms with Crippen LogP contribution >= 0.6 is 0 Å². The lowest BCUT2D eigenvalue weighted by atomic mass is 9.99. The van der Waals surface area contributed by atoms with E-state index >= 15 is 0 Å². The van der Waals surface area contributed by atoms with E-state index in [1.54, 1.807) is 18.2 Å². The van der Waals surface area contributed by atoms with Gasteiger partial charge in [0, 0.05) is 24.8 Å². The molecule has 116 valence electrons. The van der Waals surface area contributed by atoms with Crippen LogP contribution in [0.5, 0.6) is 5.88 Å². The fourth-order valence-electron chi connectivity index (χ4n) is 2.57. The second-order valence-electron chi connectivity index (χ2n) is 6.46. The van der Waals surface area contributed by atoms with Crippen LogP contribution < -0.4 is 4.74 Å². The third kappa shape index (κ3) is 4.34. The van der Waals surface area contributed by atoms with E-state index in [0.717, 1.165) is 31.5 Å². The van der Waals surface area contributed by atoms with Gasteiger partial charge in [-0.25, -0.2) is 9.78 Å². The van der Waals surface area contributed by atoms with Crippen LogP contribution in [-0.4, -0.2) is 41.8 Å². The molecule has 21 heavy (non-hydrogen) atoms. The maximum absolute atomic E-state index is 12.0. The largest absolute Gasteiger partial charge is 0.481 e. The maximum atomic E-state index is 12.0. The monoisotopic (exact) mass is 292 g/mol. The number of nitrogens with zero attached hydrogens (tertiary/aromatic N) is 2. The number of pyridine rings is 1. The molecule has 0 aromatic carbocycles. The minimum atomic E-state index is -0.443. The van der Waals surface area contributed by atoms with Crippen LogP contribution in [0.25, 0.3) is 0 Å². The second-order valence-corrected chi connectivity index (χ2v) is 6.46. The van der Waals surface area contributed by atoms with Crippen LogP contribution in [0.4, 0.5) is 4.79 Å². The van der Waals surface area contributed by atoms with Gasteiger partial charge in [-0.15, -0.1) is 0 Å². The van der Waals surface area contributed by atoms with Crippen LogP contribution in [0.15, 0.2) is 18.3 Å². The van der Waals surface area contributed by atoms with E-state index in [2.05, 4.69) is 4.98 Å². The molecule has 0 bridgehead atoms. The average Bonchev–Trinajstić information content (AvgIpc) is 2.86. The van der Waals surface area contributed by atoms with Crippen molar-refractivity contribution >= 4 is 6.09 Å². The number of amides is 1. The molecule has 1 aliphatic rings. The topological polar surface area (TPSA) is 51.7 Å². The molecule has 1 aromatic rings. The Labute approximate surface area is 126 Å². The first-order valence-electron chi connectivity index (χ1n) is 7.35. The van der Waals surface area contributed by atoms with E-state index in [4.69, 9.17) is 9.47 Å². The Morgan fingerprint density at radius 2 is 2.24 bits per heavy atom. The van der Waals surface area contributed by atoms with Crippen molar-refractivity contribution in [2.75, 3.05) is 20.2 Å². The van der Waals surface area contributed by atoms with Crippen LogP contribution in [0.2, 0.25) is 0 Å². The number of carbonyl (C=O) groups is 1. The predicted molar refractivity (Wildman–Crippen MR) is 80.4 cm³/mol. The Morgan fingerprint density at radius 1 is 1.48 bits per heavy atom. The number of likely N-dealkylation sites (tertiary alicyclic amines) is 1. The molecule has 0 unspecified atom stereocenters. The lowest BCUT2D eigenvalue weighted by molar-refractivity contribution is 0.0288. The Bertz CT molecular complexity index is 497. The van der Waals surface area contributed by atoms with Gasteiger partial charge in [0.25, 0.3) is 0 Å². The Hall–Kier alpha value is -1.78. The molecular formula is C16H24N2O3. The molecule has 5 heteroatoms. The van der Waals surface area contributed by atoms with Gasteiger partial charge in [-0.05, 0) is 45.6 Å². The zero-order valence-electron chi connectivity index (χ0n) is 13.3. The third-order valence-corrected chi connectivity index (χ3v) is 3.49. The van der Waals surface area contributed by atoms with Crippen molar-refractivity contribution in [2.45, 2.75) is 39.2 Å². The number of carbonyl (C=O) groups excluding carboxylic acids is 1. The normalized spacial score (nSPS) is 18.7. The zero-order valence-corrected chi connectivity index (χ0v) is 13.3. The van der Waals surface area contributed by atoms with Crippen molar-refractivity contribution in [1.29, 1.82) is 0 Å². The fraction of sp³-hybridized carbons (Fsp3) is 0.625. The molecule has 5 nitrogen and oxygen atoms in total. The quantitative estimate of drug-likeness (QED) is 0.859. The number of ether oxygens (including phenoxy) is 2. The molecule has 1 atom stereocenters. The lowest BCUT2D eigenvalue weighted by Gasteiger charge is -2.24. The molecule has 1 amide bonds. The summed E-state index contributed by atoms with van der Waals surface area (Å²) in [4.78, 5) is 18.1. The van der Waals surface area contributed by atoms with Crippen LogP contribution in [-0.2, 0) is 11.2 Å². The highest BCUT2D eigenvalue weighted by atomic mass is 16.6. The standard InChI is InChI=1S/C16H24N2O3/c1-16(2,3)21-15(19)18-9-7-12(11-18)10-13-6-5-8-17-14(13)20-4/h5-6,8,12H,7,9-11H2,1-4H3/t12-/m1/s1. The minimum Gasteiger partial charge on any atom is -0.481 e. The van der Waals surface area contributed by atoms with E-state index < -0.39 is 5.60 Å². The maximum Gasteiger partial charge on any atom is 0.410 e. The molecule has 0 N–H and O–H groups in total. The highest BCUT2D eigenvalue weighted by molar-refractivity contribution is 5.68. The molecule has 1 saturated heterocycles. The van der Waals surface area contributed by atoms with Crippen molar-refractivity contribution in [1.82, 2.24) is 9.88 Å². The molecule has 0 saturated carbocycles. The number of methoxy groups -OCH3 is 1. The van der Waals surface area contributed by atoms with E-state index in [1.807, 2.05) is 32.9 Å². The number of rotatable bonds is 3. The van der Waals surface area contributed by atoms with Gasteiger partial charge in [-0.1, -0.05) is 6.07 Å². The Kier molecular flexibility index (Phi) is 4.70. The summed E-state index contributed by atoms with van der Waals surface area (Å²) in [5.41, 5.74) is 0.651. The average molecular weight is 292 g/mol. The van der Waals surface area contributed by atoms with Gasteiger partial charge < -0.3 is 14.4 Å². The summed E-state index contributed by atoms with van der Waals surface area (Å²) in [7, 11) is 1.63. The molecule has 1 aliphatic heterocycles. The molecule has 2 rings (SSSR count). The summed E-state index contributed by atoms with van der Waals surface area (Å²) in [5, 5.41) is 0. The van der Waals surface area contributed by atoms with E-state index in [0.29, 0.717) is 11.8 Å². The number of hydrogen-bond donors (Lipinski definition) is 0. The first-order valence-corrected chi connectivity index (χ1v) is 7.35. The van der Waals surface area contributed by atoms with Gasteiger partial charge in [0.1, 0.15) is 5.60 Å². The van der Waals surface area contributed by atoms with Crippen molar-refractivity contribution in [3.8, 4) is 5.88 Å². The van der Waals surface area contributed by atoms with Gasteiger partial charge >= 0.3 is 6.09 Å². The van der Waals surface area contributed by atoms with Gasteiger partial charge in [0.05, 0.1) is 7.11 Å². The Morgan fingerprint density at radius 3 is 2.90 bits per heavy atom. The van der Waals surface area contributed by atoms with Gasteiger partial charge in [-0.3, -0.25) is 0 Å². The van der Waals surface area contributed by atoms with Crippen molar-refractivity contribution in [2.24, 2.45) is 5.92 Å². The number of hydrogen-bond acceptors (Lipinski definition) is 4. The molecular weight excluding hydrogens is 268 g/mol. The zero-order chi connectivity index (χ0) is 15.5. The van der Waals surface area contributed by atoms with E-state index in [9.17, 15) is 4.79 Å². The lowest BCUT2D eigenvalue weighted by Crippen LogP contribution is -2.35. The van der Waals surface area contributed by atoms with Gasteiger partial charge in [0.15, 0.2) is 0 Å². The molecule has 1 fully saturated rings. The summed E-state index contributed by atoms with van der Waals surface area (Å²) in [6.45, 7) is 7.14. The van der Waals surface area contributed by atoms with Crippen LogP contribution in [0.1, 0.15) is 32.8 Å². The molecule has 0 aliphatic carbocycles. The second kappa shape index (κ2) is 6.33. The number of aromatic nitrogens is 1. The van der Waals surface area contributed by atoms with Crippen molar-refractivity contribution in [3.05, 3.63) is 23.9 Å². The predicted octanol–water partition coefficient (Wildman–Crippen LogP) is 2.89. The molecule has 1 aromatic heterocycles. The summed E-state index contributed by atoms with van der Waals surface area (Å²) >= 11 is 0. The summed E-state index contributed by atoms with van der Waals surface area (Å²) in [6, 6.07) is 3.94. The van der Waals surface area contributed by atoms with Crippen molar-refractivity contribution in [3.63, 3.8) is 0 Å². The third-order valence-electron chi connectivity index (χ3n) is 3.49. The highest BCUT2D eigenvalue weighted by Crippen LogP contribution is 2.25. The summed E-state index contributed by atoms with van der Waals surface area (Å²) < 4.78 is 10.7. The smallest absolute Gasteiger partial charge is 0.410 e. The SMILES string of the molecule is COc1ncccc1C[C@H]1CCN(C(=O)OC(C)(C)C)C1. The molecule has 2 heterocycles. The van der Waals surface area contributed by atoms with E-state index in [-0.39, 0.29) is 6.09 Å². The first-order chi connectivity index (χ1) is 9.89. The highest BCUT2D eigenvalue weighted by Gasteiger charge is 2.30. The summed E-state index contributed by atoms with van der Waals surface area (Å²) in [5.74, 6) is 1.10. The fourth-order valence-corrected chi connectivity index (χ4v) is 2.57.